The summed E-state index contributed by atoms with van der Waals surface area (Å²) < 4.78 is 5.64. The number of carbonyl (C=O) groups is 1. The molecule has 18 heavy (non-hydrogen) atoms. The summed E-state index contributed by atoms with van der Waals surface area (Å²) >= 11 is 1.49. The number of carbonyl (C=O) groups excluding carboxylic acids is 1. The molecule has 0 aromatic carbocycles. The van der Waals surface area contributed by atoms with Crippen molar-refractivity contribution in [3.05, 3.63) is 21.9 Å². The summed E-state index contributed by atoms with van der Waals surface area (Å²) in [5.74, 6) is 4.89. The van der Waals surface area contributed by atoms with E-state index in [9.17, 15) is 4.79 Å². The van der Waals surface area contributed by atoms with Crippen molar-refractivity contribution in [1.29, 1.82) is 0 Å². The van der Waals surface area contributed by atoms with E-state index in [-0.39, 0.29) is 5.91 Å². The summed E-state index contributed by atoms with van der Waals surface area (Å²) in [7, 11) is 0. The fraction of sp³-hybridized carbons (Fsp3) is 0.583. The first-order valence-corrected chi connectivity index (χ1v) is 6.98. The van der Waals surface area contributed by atoms with Crippen molar-refractivity contribution < 1.29 is 9.53 Å². The SMILES string of the molecule is CCC1CN(Cc2ccc(C(=O)NN)s2)CCO1. The maximum Gasteiger partial charge on any atom is 0.275 e. The Kier molecular flexibility index (Phi) is 4.71. The monoisotopic (exact) mass is 269 g/mol. The number of ether oxygens (including phenoxy) is 1. The normalized spacial score (nSPS) is 20.9. The van der Waals surface area contributed by atoms with Gasteiger partial charge in [-0.2, -0.15) is 0 Å². The van der Waals surface area contributed by atoms with Crippen LogP contribution in [0.2, 0.25) is 0 Å². The Hall–Kier alpha value is -0.950. The zero-order valence-electron chi connectivity index (χ0n) is 10.5. The maximum atomic E-state index is 11.4. The summed E-state index contributed by atoms with van der Waals surface area (Å²) in [5.41, 5.74) is 2.15. The Morgan fingerprint density at radius 2 is 2.50 bits per heavy atom. The molecule has 1 aliphatic rings. The first-order chi connectivity index (χ1) is 8.72. The summed E-state index contributed by atoms with van der Waals surface area (Å²) in [6, 6.07) is 3.81. The first kappa shape index (κ1) is 13.5. The number of nitrogens with one attached hydrogen (secondary N) is 1. The molecule has 1 amide bonds. The zero-order valence-corrected chi connectivity index (χ0v) is 11.3. The Bertz CT molecular complexity index is 408. The van der Waals surface area contributed by atoms with Crippen LogP contribution in [0.5, 0.6) is 0 Å². The van der Waals surface area contributed by atoms with Crippen LogP contribution in [-0.4, -0.2) is 36.6 Å². The molecule has 1 atom stereocenters. The van der Waals surface area contributed by atoms with E-state index in [1.165, 1.54) is 16.2 Å². The van der Waals surface area contributed by atoms with Crippen LogP contribution in [0, 0.1) is 0 Å². The molecule has 2 rings (SSSR count). The van der Waals surface area contributed by atoms with E-state index in [4.69, 9.17) is 10.6 Å². The van der Waals surface area contributed by atoms with Crippen molar-refractivity contribution in [3.63, 3.8) is 0 Å². The van der Waals surface area contributed by atoms with Crippen LogP contribution in [-0.2, 0) is 11.3 Å². The molecule has 0 radical (unpaired) electrons. The number of thiophene rings is 1. The van der Waals surface area contributed by atoms with Crippen LogP contribution in [0.15, 0.2) is 12.1 Å². The van der Waals surface area contributed by atoms with Crippen molar-refractivity contribution in [1.82, 2.24) is 10.3 Å². The van der Waals surface area contributed by atoms with Gasteiger partial charge in [-0.15, -0.1) is 11.3 Å². The number of amides is 1. The van der Waals surface area contributed by atoms with Crippen molar-refractivity contribution >= 4 is 17.2 Å². The predicted molar refractivity (Wildman–Crippen MR) is 71.3 cm³/mol. The molecule has 0 spiro atoms. The lowest BCUT2D eigenvalue weighted by atomic mass is 10.2. The summed E-state index contributed by atoms with van der Waals surface area (Å²) in [6.45, 7) is 5.73. The number of morpholine rings is 1. The molecule has 6 heteroatoms. The Morgan fingerprint density at radius 3 is 3.22 bits per heavy atom. The molecule has 1 unspecified atom stereocenters. The van der Waals surface area contributed by atoms with Gasteiger partial charge in [-0.3, -0.25) is 15.1 Å². The number of nitrogens with zero attached hydrogens (tertiary/aromatic N) is 1. The Balaban J connectivity index is 1.92. The molecule has 1 fully saturated rings. The minimum atomic E-state index is -0.223. The molecule has 1 aromatic rings. The number of hydrazine groups is 1. The molecule has 1 aromatic heterocycles. The van der Waals surface area contributed by atoms with Gasteiger partial charge in [0.05, 0.1) is 17.6 Å². The lowest BCUT2D eigenvalue weighted by molar-refractivity contribution is -0.0321. The lowest BCUT2D eigenvalue weighted by Gasteiger charge is -2.32. The fourth-order valence-corrected chi connectivity index (χ4v) is 3.00. The second-order valence-electron chi connectivity index (χ2n) is 4.38. The van der Waals surface area contributed by atoms with Crippen LogP contribution in [0.1, 0.15) is 27.9 Å². The van der Waals surface area contributed by atoms with E-state index < -0.39 is 0 Å². The van der Waals surface area contributed by atoms with Crippen LogP contribution in [0.3, 0.4) is 0 Å². The van der Waals surface area contributed by atoms with Gasteiger partial charge in [0, 0.05) is 24.5 Å². The molecular formula is C12H19N3O2S. The standard InChI is InChI=1S/C12H19N3O2S/c1-2-9-7-15(5-6-17-9)8-10-3-4-11(18-10)12(16)14-13/h3-4,9H,2,5-8,13H2,1H3,(H,14,16). The van der Waals surface area contributed by atoms with Crippen LogP contribution >= 0.6 is 11.3 Å². The average Bonchev–Trinajstić information content (AvgIpc) is 2.86. The van der Waals surface area contributed by atoms with Gasteiger partial charge in [0.2, 0.25) is 0 Å². The zero-order chi connectivity index (χ0) is 13.0. The van der Waals surface area contributed by atoms with Gasteiger partial charge in [-0.25, -0.2) is 5.84 Å². The maximum absolute atomic E-state index is 11.4. The molecule has 5 nitrogen and oxygen atoms in total. The van der Waals surface area contributed by atoms with Gasteiger partial charge in [-0.1, -0.05) is 6.92 Å². The van der Waals surface area contributed by atoms with Gasteiger partial charge >= 0.3 is 0 Å². The average molecular weight is 269 g/mol. The van der Waals surface area contributed by atoms with Gasteiger partial charge in [0.1, 0.15) is 0 Å². The van der Waals surface area contributed by atoms with Crippen molar-refractivity contribution in [2.45, 2.75) is 26.0 Å². The van der Waals surface area contributed by atoms with E-state index in [2.05, 4.69) is 17.2 Å². The van der Waals surface area contributed by atoms with E-state index >= 15 is 0 Å². The third-order valence-corrected chi connectivity index (χ3v) is 4.14. The third-order valence-electron chi connectivity index (χ3n) is 3.07. The molecule has 2 heterocycles. The van der Waals surface area contributed by atoms with E-state index in [0.29, 0.717) is 11.0 Å². The number of nitrogens with two attached hydrogens (primary N) is 1. The quantitative estimate of drug-likeness (QED) is 0.485. The number of nitrogen functional groups attached to an aromatic ring is 1. The van der Waals surface area contributed by atoms with E-state index in [1.807, 2.05) is 12.1 Å². The van der Waals surface area contributed by atoms with Gasteiger partial charge in [0.25, 0.3) is 5.91 Å². The molecule has 0 aliphatic carbocycles. The number of rotatable bonds is 4. The Labute approximate surface area is 111 Å². The van der Waals surface area contributed by atoms with Gasteiger partial charge < -0.3 is 4.74 Å². The van der Waals surface area contributed by atoms with Crippen molar-refractivity contribution in [2.75, 3.05) is 19.7 Å². The van der Waals surface area contributed by atoms with Crippen molar-refractivity contribution in [3.8, 4) is 0 Å². The number of hydrogen-bond donors (Lipinski definition) is 2. The highest BCUT2D eigenvalue weighted by Gasteiger charge is 2.19. The van der Waals surface area contributed by atoms with Crippen LogP contribution < -0.4 is 11.3 Å². The summed E-state index contributed by atoms with van der Waals surface area (Å²) in [6.07, 6.45) is 1.38. The smallest absolute Gasteiger partial charge is 0.275 e. The summed E-state index contributed by atoms with van der Waals surface area (Å²) in [5, 5.41) is 0. The highest BCUT2D eigenvalue weighted by atomic mass is 32.1. The molecule has 3 N–H and O–H groups in total. The van der Waals surface area contributed by atoms with E-state index in [1.54, 1.807) is 0 Å². The van der Waals surface area contributed by atoms with Crippen LogP contribution in [0.4, 0.5) is 0 Å². The fourth-order valence-electron chi connectivity index (χ4n) is 2.05. The van der Waals surface area contributed by atoms with E-state index in [0.717, 1.165) is 32.7 Å². The molecule has 1 aliphatic heterocycles. The highest BCUT2D eigenvalue weighted by molar-refractivity contribution is 7.14. The molecule has 0 bridgehead atoms. The van der Waals surface area contributed by atoms with Crippen LogP contribution in [0.25, 0.3) is 0 Å². The molecular weight excluding hydrogens is 250 g/mol. The third kappa shape index (κ3) is 3.29. The van der Waals surface area contributed by atoms with Gasteiger partial charge in [0.15, 0.2) is 0 Å². The summed E-state index contributed by atoms with van der Waals surface area (Å²) in [4.78, 5) is 15.6. The lowest BCUT2D eigenvalue weighted by Crippen LogP contribution is -2.41. The molecule has 1 saturated heterocycles. The number of hydrogen-bond acceptors (Lipinski definition) is 5. The predicted octanol–water partition coefficient (Wildman–Crippen LogP) is 0.962. The highest BCUT2D eigenvalue weighted by Crippen LogP contribution is 2.19. The first-order valence-electron chi connectivity index (χ1n) is 6.16. The molecule has 100 valence electrons. The molecule has 0 saturated carbocycles. The largest absolute Gasteiger partial charge is 0.376 e. The second-order valence-corrected chi connectivity index (χ2v) is 5.54. The Morgan fingerprint density at radius 1 is 1.67 bits per heavy atom. The minimum absolute atomic E-state index is 0.223. The van der Waals surface area contributed by atoms with Gasteiger partial charge in [-0.05, 0) is 18.6 Å². The topological polar surface area (TPSA) is 67.6 Å². The second kappa shape index (κ2) is 6.29. The van der Waals surface area contributed by atoms with Crippen molar-refractivity contribution in [2.24, 2.45) is 5.84 Å². The minimum Gasteiger partial charge on any atom is -0.376 e.